The van der Waals surface area contributed by atoms with E-state index in [1.54, 1.807) is 6.07 Å². The number of rotatable bonds is 3. The van der Waals surface area contributed by atoms with Crippen LogP contribution >= 0.6 is 0 Å². The zero-order chi connectivity index (χ0) is 14.9. The van der Waals surface area contributed by atoms with Gasteiger partial charge in [0.2, 0.25) is 0 Å². The predicted molar refractivity (Wildman–Crippen MR) is 68.4 cm³/mol. The number of halogens is 3. The van der Waals surface area contributed by atoms with Crippen LogP contribution in [0, 0.1) is 17.5 Å². The molecule has 3 nitrogen and oxygen atoms in total. The van der Waals surface area contributed by atoms with Crippen LogP contribution in [0.1, 0.15) is 10.4 Å². The predicted octanol–water partition coefficient (Wildman–Crippen LogP) is 2.34. The first-order chi connectivity index (χ1) is 9.40. The van der Waals surface area contributed by atoms with Crippen LogP contribution in [-0.2, 0) is 0 Å². The molecule has 0 saturated carbocycles. The van der Waals surface area contributed by atoms with Crippen LogP contribution < -0.4 is 8.44 Å². The molecule has 2 aromatic carbocycles. The van der Waals surface area contributed by atoms with E-state index >= 15 is 0 Å². The average Bonchev–Trinajstić information content (AvgIpc) is 2.37. The monoisotopic (exact) mass is 471 g/mol. The summed E-state index contributed by atoms with van der Waals surface area (Å²) in [7, 11) is 0. The van der Waals surface area contributed by atoms with Crippen LogP contribution in [0.15, 0.2) is 30.3 Å². The number of carboxylic acids is 1. The zero-order valence-electron chi connectivity index (χ0n) is 9.95. The Bertz CT molecular complexity index is 692. The summed E-state index contributed by atoms with van der Waals surface area (Å²) in [4.78, 5) is 11.0. The summed E-state index contributed by atoms with van der Waals surface area (Å²) in [5.41, 5.74) is -1.18. The first-order valence-corrected chi connectivity index (χ1v) is 7.68. The molecular formula is C13H7F3NO2Tl. The Balaban J connectivity index is 2.52. The molecule has 0 aliphatic rings. The first kappa shape index (κ1) is 14.8. The molecule has 0 unspecified atom stereocenters. The van der Waals surface area contributed by atoms with Crippen molar-refractivity contribution in [2.24, 2.45) is 0 Å². The molecule has 7 heteroatoms. The van der Waals surface area contributed by atoms with E-state index in [9.17, 15) is 18.0 Å². The Hall–Kier alpha value is -1.58. The number of benzene rings is 2. The van der Waals surface area contributed by atoms with Crippen molar-refractivity contribution in [3.8, 4) is 0 Å². The third-order valence-corrected chi connectivity index (χ3v) is 3.97. The molecule has 0 saturated heterocycles. The fourth-order valence-corrected chi connectivity index (χ4v) is 2.56. The van der Waals surface area contributed by atoms with Gasteiger partial charge < -0.3 is 0 Å². The molecule has 2 N–H and O–H groups in total. The molecule has 0 aliphatic heterocycles. The fourth-order valence-electron chi connectivity index (χ4n) is 1.62. The summed E-state index contributed by atoms with van der Waals surface area (Å²) in [6, 6.07) is 5.89. The maximum absolute atomic E-state index is 13.7. The van der Waals surface area contributed by atoms with Crippen molar-refractivity contribution in [1.82, 2.24) is 0 Å². The van der Waals surface area contributed by atoms with E-state index in [0.29, 0.717) is 31.8 Å². The maximum atomic E-state index is 13.7. The van der Waals surface area contributed by atoms with Crippen molar-refractivity contribution in [3.05, 3.63) is 53.3 Å². The average molecular weight is 471 g/mol. The van der Waals surface area contributed by atoms with Crippen molar-refractivity contribution < 1.29 is 23.1 Å². The summed E-state index contributed by atoms with van der Waals surface area (Å²) in [5, 5.41) is 11.3. The van der Waals surface area contributed by atoms with Crippen LogP contribution in [0.25, 0.3) is 0 Å². The van der Waals surface area contributed by atoms with E-state index in [4.69, 9.17) is 5.11 Å². The number of aromatic carboxylic acids is 1. The molecule has 2 aromatic rings. The van der Waals surface area contributed by atoms with Gasteiger partial charge >= 0.3 is 128 Å². The van der Waals surface area contributed by atoms with Gasteiger partial charge in [-0.05, 0) is 0 Å². The number of nitrogens with one attached hydrogen (secondary N) is 1. The van der Waals surface area contributed by atoms with Gasteiger partial charge in [0.05, 0.1) is 0 Å². The Morgan fingerprint density at radius 1 is 1.10 bits per heavy atom. The van der Waals surface area contributed by atoms with E-state index < -0.39 is 34.7 Å². The van der Waals surface area contributed by atoms with Gasteiger partial charge in [-0.1, -0.05) is 0 Å². The van der Waals surface area contributed by atoms with Gasteiger partial charge in [0.15, 0.2) is 0 Å². The third kappa shape index (κ3) is 2.94. The molecule has 0 aromatic heterocycles. The SMILES string of the molecule is O=C(O)c1ccc(F)c(F)c1Nc1cc[c]([Tl])cc1F. The van der Waals surface area contributed by atoms with E-state index in [1.165, 1.54) is 12.1 Å². The molecule has 0 radical (unpaired) electrons. The van der Waals surface area contributed by atoms with E-state index in [-0.39, 0.29) is 5.69 Å². The number of carbonyl (C=O) groups is 1. The second-order valence-corrected chi connectivity index (χ2v) is 6.55. The van der Waals surface area contributed by atoms with Crippen molar-refractivity contribution in [2.45, 2.75) is 0 Å². The molecule has 0 fully saturated rings. The zero-order valence-corrected chi connectivity index (χ0v) is 14.4. The van der Waals surface area contributed by atoms with Gasteiger partial charge in [0.1, 0.15) is 0 Å². The molecular weight excluding hydrogens is 464 g/mol. The van der Waals surface area contributed by atoms with E-state index in [0.717, 1.165) is 9.19 Å². The third-order valence-electron chi connectivity index (χ3n) is 2.58. The fraction of sp³-hybridized carbons (Fsp3) is 0. The normalized spacial score (nSPS) is 10.3. The topological polar surface area (TPSA) is 49.3 Å². The molecule has 100 valence electrons. The van der Waals surface area contributed by atoms with Crippen molar-refractivity contribution in [1.29, 1.82) is 0 Å². The molecule has 0 bridgehead atoms. The van der Waals surface area contributed by atoms with Crippen LogP contribution in [-0.4, -0.2) is 36.8 Å². The van der Waals surface area contributed by atoms with Gasteiger partial charge in [-0.3, -0.25) is 0 Å². The van der Waals surface area contributed by atoms with Crippen LogP contribution in [0.3, 0.4) is 0 Å². The van der Waals surface area contributed by atoms with Crippen LogP contribution in [0.4, 0.5) is 24.5 Å². The second kappa shape index (κ2) is 5.82. The molecule has 0 heterocycles. The summed E-state index contributed by atoms with van der Waals surface area (Å²) >= 11 is 0.434. The van der Waals surface area contributed by atoms with E-state index in [2.05, 4.69) is 5.32 Å². The summed E-state index contributed by atoms with van der Waals surface area (Å²) in [6.07, 6.45) is 0. The Labute approximate surface area is 128 Å². The molecule has 0 amide bonds. The van der Waals surface area contributed by atoms with E-state index in [1.807, 2.05) is 0 Å². The van der Waals surface area contributed by atoms with Gasteiger partial charge in [-0.15, -0.1) is 0 Å². The number of hydrogen-bond acceptors (Lipinski definition) is 2. The summed E-state index contributed by atoms with van der Waals surface area (Å²) < 4.78 is 41.4. The molecule has 20 heavy (non-hydrogen) atoms. The minimum absolute atomic E-state index is 0.110. The molecule has 0 atom stereocenters. The molecule has 2 rings (SSSR count). The Morgan fingerprint density at radius 2 is 1.80 bits per heavy atom. The van der Waals surface area contributed by atoms with Gasteiger partial charge in [-0.2, -0.15) is 0 Å². The molecule has 0 spiro atoms. The summed E-state index contributed by atoms with van der Waals surface area (Å²) in [5.74, 6) is -4.65. The van der Waals surface area contributed by atoms with Crippen LogP contribution in [0.5, 0.6) is 0 Å². The van der Waals surface area contributed by atoms with Crippen LogP contribution in [0.2, 0.25) is 0 Å². The quantitative estimate of drug-likeness (QED) is 0.678. The van der Waals surface area contributed by atoms with Crippen molar-refractivity contribution in [3.63, 3.8) is 0 Å². The van der Waals surface area contributed by atoms with Gasteiger partial charge in [0.25, 0.3) is 0 Å². The van der Waals surface area contributed by atoms with Gasteiger partial charge in [-0.25, -0.2) is 0 Å². The number of carboxylic acid groups (broad SMARTS) is 1. The number of hydrogen-bond donors (Lipinski definition) is 2. The van der Waals surface area contributed by atoms with Gasteiger partial charge in [0, 0.05) is 0 Å². The number of anilines is 2. The molecule has 0 aliphatic carbocycles. The first-order valence-electron chi connectivity index (χ1n) is 5.43. The standard InChI is InChI=1S/C13H7F3NO2.Tl/c14-8-3-1-2-4-10(8)17-12-7(13(18)19)5-6-9(15)11(12)16;/h2-6,17H,(H,18,19);. The summed E-state index contributed by atoms with van der Waals surface area (Å²) in [6.45, 7) is 0. The minimum atomic E-state index is -1.44. The Kier molecular flexibility index (Phi) is 4.31. The van der Waals surface area contributed by atoms with Crippen molar-refractivity contribution >= 4 is 46.2 Å². The second-order valence-electron chi connectivity index (χ2n) is 3.95. The Morgan fingerprint density at radius 3 is 2.40 bits per heavy atom. The van der Waals surface area contributed by atoms with Crippen molar-refractivity contribution in [2.75, 3.05) is 5.32 Å².